The standard InChI is InChI=1S/C17H11FN2O2S/c1-8-3-10-5-11(6-12(7-19)14(10)13(18)4-8)16-20-9(2)15(23-16)17(21)22/h3-6H,1-2H3,(H,21,22). The van der Waals surface area contributed by atoms with E-state index in [4.69, 9.17) is 5.11 Å². The summed E-state index contributed by atoms with van der Waals surface area (Å²) in [4.78, 5) is 15.6. The average molecular weight is 326 g/mol. The van der Waals surface area contributed by atoms with Crippen LogP contribution in [0.5, 0.6) is 0 Å². The first-order valence-corrected chi connectivity index (χ1v) is 7.57. The van der Waals surface area contributed by atoms with Gasteiger partial charge in [-0.2, -0.15) is 5.26 Å². The number of nitrogens with zero attached hydrogens (tertiary/aromatic N) is 2. The molecule has 0 atom stereocenters. The molecule has 1 aromatic heterocycles. The third-order valence-corrected chi connectivity index (χ3v) is 4.70. The van der Waals surface area contributed by atoms with Crippen LogP contribution in [0.2, 0.25) is 0 Å². The van der Waals surface area contributed by atoms with Crippen molar-refractivity contribution < 1.29 is 14.3 Å². The summed E-state index contributed by atoms with van der Waals surface area (Å²) in [5.74, 6) is -1.47. The van der Waals surface area contributed by atoms with Gasteiger partial charge in [0.25, 0.3) is 0 Å². The minimum Gasteiger partial charge on any atom is -0.477 e. The number of aryl methyl sites for hydroxylation is 2. The van der Waals surface area contributed by atoms with Gasteiger partial charge in [-0.3, -0.25) is 0 Å². The number of carboxylic acids is 1. The van der Waals surface area contributed by atoms with Crippen molar-refractivity contribution in [2.24, 2.45) is 0 Å². The Morgan fingerprint density at radius 3 is 2.65 bits per heavy atom. The number of thiazole rings is 1. The fourth-order valence-electron chi connectivity index (χ4n) is 2.53. The van der Waals surface area contributed by atoms with Crippen LogP contribution in [-0.4, -0.2) is 16.1 Å². The van der Waals surface area contributed by atoms with Gasteiger partial charge in [-0.15, -0.1) is 11.3 Å². The van der Waals surface area contributed by atoms with Gasteiger partial charge in [-0.25, -0.2) is 14.2 Å². The minimum absolute atomic E-state index is 0.161. The summed E-state index contributed by atoms with van der Waals surface area (Å²) < 4.78 is 14.2. The zero-order valence-electron chi connectivity index (χ0n) is 12.3. The van der Waals surface area contributed by atoms with Gasteiger partial charge in [0, 0.05) is 10.9 Å². The van der Waals surface area contributed by atoms with Crippen LogP contribution in [0, 0.1) is 31.0 Å². The van der Waals surface area contributed by atoms with E-state index >= 15 is 0 Å². The lowest BCUT2D eigenvalue weighted by molar-refractivity contribution is 0.0701. The summed E-state index contributed by atoms with van der Waals surface area (Å²) in [5, 5.41) is 19.8. The molecule has 114 valence electrons. The molecule has 6 heteroatoms. The van der Waals surface area contributed by atoms with Gasteiger partial charge in [-0.1, -0.05) is 6.07 Å². The normalized spacial score (nSPS) is 10.7. The van der Waals surface area contributed by atoms with Gasteiger partial charge in [0.15, 0.2) is 0 Å². The number of aromatic carboxylic acids is 1. The van der Waals surface area contributed by atoms with E-state index < -0.39 is 11.8 Å². The highest BCUT2D eigenvalue weighted by Crippen LogP contribution is 2.33. The van der Waals surface area contributed by atoms with E-state index in [0.29, 0.717) is 21.7 Å². The molecule has 23 heavy (non-hydrogen) atoms. The number of hydrogen-bond acceptors (Lipinski definition) is 4. The van der Waals surface area contributed by atoms with Crippen molar-refractivity contribution in [2.75, 3.05) is 0 Å². The zero-order chi connectivity index (χ0) is 16.7. The largest absolute Gasteiger partial charge is 0.477 e. The maximum Gasteiger partial charge on any atom is 0.347 e. The monoisotopic (exact) mass is 326 g/mol. The van der Waals surface area contributed by atoms with E-state index in [1.165, 1.54) is 6.07 Å². The maximum absolute atomic E-state index is 14.2. The van der Waals surface area contributed by atoms with Crippen molar-refractivity contribution in [1.82, 2.24) is 4.98 Å². The Balaban J connectivity index is 2.29. The number of benzene rings is 2. The Morgan fingerprint density at radius 1 is 1.30 bits per heavy atom. The van der Waals surface area contributed by atoms with Gasteiger partial charge in [0.05, 0.1) is 17.3 Å². The van der Waals surface area contributed by atoms with Crippen molar-refractivity contribution in [3.63, 3.8) is 0 Å². The Hall–Kier alpha value is -2.78. The number of halogens is 1. The second kappa shape index (κ2) is 5.45. The third kappa shape index (κ3) is 2.56. The van der Waals surface area contributed by atoms with Crippen molar-refractivity contribution in [3.8, 4) is 16.6 Å². The number of aromatic nitrogens is 1. The zero-order valence-corrected chi connectivity index (χ0v) is 13.2. The summed E-state index contributed by atoms with van der Waals surface area (Å²) in [6.45, 7) is 3.40. The topological polar surface area (TPSA) is 74.0 Å². The molecule has 0 bridgehead atoms. The molecular formula is C17H11FN2O2S. The first kappa shape index (κ1) is 15.1. The van der Waals surface area contributed by atoms with Gasteiger partial charge in [0.2, 0.25) is 0 Å². The molecule has 0 amide bonds. The Labute approximate surface area is 135 Å². The molecule has 0 aliphatic heterocycles. The summed E-state index contributed by atoms with van der Waals surface area (Å²) in [5.41, 5.74) is 1.99. The smallest absolute Gasteiger partial charge is 0.347 e. The molecule has 0 aliphatic rings. The van der Waals surface area contributed by atoms with Gasteiger partial charge >= 0.3 is 5.97 Å². The van der Waals surface area contributed by atoms with Crippen molar-refractivity contribution in [1.29, 1.82) is 5.26 Å². The molecule has 3 rings (SSSR count). The average Bonchev–Trinajstić information content (AvgIpc) is 2.87. The van der Waals surface area contributed by atoms with Crippen molar-refractivity contribution in [3.05, 3.63) is 51.8 Å². The lowest BCUT2D eigenvalue weighted by atomic mass is 9.99. The molecule has 0 spiro atoms. The van der Waals surface area contributed by atoms with Gasteiger partial charge < -0.3 is 5.11 Å². The molecule has 0 saturated heterocycles. The first-order chi connectivity index (χ1) is 10.9. The van der Waals surface area contributed by atoms with Crippen LogP contribution < -0.4 is 0 Å². The Morgan fingerprint density at radius 2 is 2.04 bits per heavy atom. The van der Waals surface area contributed by atoms with E-state index in [0.717, 1.165) is 16.9 Å². The van der Waals surface area contributed by atoms with E-state index in [1.54, 1.807) is 32.0 Å². The van der Waals surface area contributed by atoms with E-state index in [-0.39, 0.29) is 15.8 Å². The summed E-state index contributed by atoms with van der Waals surface area (Å²) in [7, 11) is 0. The molecule has 1 heterocycles. The number of carboxylic acid groups (broad SMARTS) is 1. The highest BCUT2D eigenvalue weighted by Gasteiger charge is 2.17. The fraction of sp³-hybridized carbons (Fsp3) is 0.118. The molecule has 0 radical (unpaired) electrons. The summed E-state index contributed by atoms with van der Waals surface area (Å²) in [6, 6.07) is 8.46. The van der Waals surface area contributed by atoms with Crippen LogP contribution in [0.25, 0.3) is 21.3 Å². The van der Waals surface area contributed by atoms with E-state index in [1.807, 2.05) is 6.07 Å². The lowest BCUT2D eigenvalue weighted by Gasteiger charge is -2.06. The van der Waals surface area contributed by atoms with Crippen LogP contribution in [0.4, 0.5) is 4.39 Å². The predicted octanol–water partition coefficient (Wildman–Crippen LogP) is 4.29. The molecule has 2 aromatic carbocycles. The van der Waals surface area contributed by atoms with Gasteiger partial charge in [-0.05, 0) is 43.0 Å². The van der Waals surface area contributed by atoms with Crippen LogP contribution in [-0.2, 0) is 0 Å². The third-order valence-electron chi connectivity index (χ3n) is 3.50. The van der Waals surface area contributed by atoms with Crippen LogP contribution in [0.1, 0.15) is 26.5 Å². The predicted molar refractivity (Wildman–Crippen MR) is 86.2 cm³/mol. The summed E-state index contributed by atoms with van der Waals surface area (Å²) >= 11 is 1.04. The maximum atomic E-state index is 14.2. The van der Waals surface area contributed by atoms with Crippen LogP contribution in [0.15, 0.2) is 24.3 Å². The fourth-order valence-corrected chi connectivity index (χ4v) is 3.43. The van der Waals surface area contributed by atoms with Crippen LogP contribution in [0.3, 0.4) is 0 Å². The molecule has 0 saturated carbocycles. The number of fused-ring (bicyclic) bond motifs is 1. The highest BCUT2D eigenvalue weighted by atomic mass is 32.1. The Bertz CT molecular complexity index is 1000. The minimum atomic E-state index is -1.03. The quantitative estimate of drug-likeness (QED) is 0.762. The number of carbonyl (C=O) groups is 1. The van der Waals surface area contributed by atoms with E-state index in [9.17, 15) is 14.4 Å². The highest BCUT2D eigenvalue weighted by molar-refractivity contribution is 7.17. The number of nitriles is 1. The van der Waals surface area contributed by atoms with E-state index in [2.05, 4.69) is 4.98 Å². The second-order valence-electron chi connectivity index (χ2n) is 5.22. The van der Waals surface area contributed by atoms with Crippen molar-refractivity contribution >= 4 is 28.1 Å². The molecule has 0 aliphatic carbocycles. The summed E-state index contributed by atoms with van der Waals surface area (Å²) in [6.07, 6.45) is 0. The molecule has 4 nitrogen and oxygen atoms in total. The molecular weight excluding hydrogens is 315 g/mol. The molecule has 1 N–H and O–H groups in total. The second-order valence-corrected chi connectivity index (χ2v) is 6.22. The first-order valence-electron chi connectivity index (χ1n) is 6.76. The van der Waals surface area contributed by atoms with Crippen LogP contribution >= 0.6 is 11.3 Å². The van der Waals surface area contributed by atoms with Gasteiger partial charge in [0.1, 0.15) is 15.7 Å². The number of hydrogen-bond donors (Lipinski definition) is 1. The molecule has 0 unspecified atom stereocenters. The number of rotatable bonds is 2. The molecule has 3 aromatic rings. The Kier molecular flexibility index (Phi) is 3.58. The lowest BCUT2D eigenvalue weighted by Crippen LogP contribution is -1.94. The SMILES string of the molecule is Cc1cc(F)c2c(C#N)cc(-c3nc(C)c(C(=O)O)s3)cc2c1. The molecule has 0 fully saturated rings. The van der Waals surface area contributed by atoms with Crippen molar-refractivity contribution in [2.45, 2.75) is 13.8 Å².